The van der Waals surface area contributed by atoms with Crippen LogP contribution in [0.15, 0.2) is 46.0 Å². The number of rotatable bonds is 6. The number of hydrogen-bond acceptors (Lipinski definition) is 3. The molecular formula is C18H21NOS2. The van der Waals surface area contributed by atoms with Crippen molar-refractivity contribution in [2.75, 3.05) is 5.32 Å². The summed E-state index contributed by atoms with van der Waals surface area (Å²) in [6, 6.07) is 10.3. The SMILES string of the molecule is O=C(CCc1ccsc1)Nc1ccccc1SC1CCCC1. The molecule has 22 heavy (non-hydrogen) atoms. The summed E-state index contributed by atoms with van der Waals surface area (Å²) in [6.07, 6.45) is 6.63. The fraction of sp³-hybridized carbons (Fsp3) is 0.389. The van der Waals surface area contributed by atoms with Gasteiger partial charge in [0, 0.05) is 16.6 Å². The van der Waals surface area contributed by atoms with Crippen molar-refractivity contribution in [1.29, 1.82) is 0 Å². The Hall–Kier alpha value is -1.26. The van der Waals surface area contributed by atoms with E-state index in [-0.39, 0.29) is 5.91 Å². The van der Waals surface area contributed by atoms with Crippen LogP contribution in [0.1, 0.15) is 37.7 Å². The molecule has 0 spiro atoms. The predicted octanol–water partition coefficient (Wildman–Crippen LogP) is 5.35. The lowest BCUT2D eigenvalue weighted by Gasteiger charge is -2.14. The van der Waals surface area contributed by atoms with Gasteiger partial charge in [-0.15, -0.1) is 11.8 Å². The molecule has 1 aliphatic carbocycles. The van der Waals surface area contributed by atoms with Crippen LogP contribution in [0.5, 0.6) is 0 Å². The van der Waals surface area contributed by atoms with E-state index in [2.05, 4.69) is 34.3 Å². The highest BCUT2D eigenvalue weighted by molar-refractivity contribution is 8.00. The van der Waals surface area contributed by atoms with Crippen LogP contribution >= 0.6 is 23.1 Å². The van der Waals surface area contributed by atoms with Crippen LogP contribution in [0.4, 0.5) is 5.69 Å². The zero-order chi connectivity index (χ0) is 15.2. The zero-order valence-corrected chi connectivity index (χ0v) is 14.2. The Morgan fingerprint density at radius 2 is 2.05 bits per heavy atom. The molecule has 116 valence electrons. The molecular weight excluding hydrogens is 310 g/mol. The molecule has 0 bridgehead atoms. The van der Waals surface area contributed by atoms with Crippen LogP contribution in [0.25, 0.3) is 0 Å². The maximum atomic E-state index is 12.2. The third kappa shape index (κ3) is 4.37. The van der Waals surface area contributed by atoms with Gasteiger partial charge in [0.1, 0.15) is 0 Å². The highest BCUT2D eigenvalue weighted by atomic mass is 32.2. The van der Waals surface area contributed by atoms with Gasteiger partial charge in [0.2, 0.25) is 5.91 Å². The zero-order valence-electron chi connectivity index (χ0n) is 12.6. The molecule has 1 N–H and O–H groups in total. The van der Waals surface area contributed by atoms with Crippen LogP contribution in [0.2, 0.25) is 0 Å². The first-order valence-corrected chi connectivity index (χ1v) is 9.70. The van der Waals surface area contributed by atoms with E-state index < -0.39 is 0 Å². The highest BCUT2D eigenvalue weighted by Gasteiger charge is 2.18. The first-order chi connectivity index (χ1) is 10.8. The summed E-state index contributed by atoms with van der Waals surface area (Å²) in [7, 11) is 0. The molecule has 1 saturated carbocycles. The van der Waals surface area contributed by atoms with E-state index >= 15 is 0 Å². The number of carbonyl (C=O) groups is 1. The summed E-state index contributed by atoms with van der Waals surface area (Å²) < 4.78 is 0. The first-order valence-electron chi connectivity index (χ1n) is 7.88. The normalized spacial score (nSPS) is 15.1. The van der Waals surface area contributed by atoms with Gasteiger partial charge < -0.3 is 5.32 Å². The van der Waals surface area contributed by atoms with Gasteiger partial charge >= 0.3 is 0 Å². The number of carbonyl (C=O) groups excluding carboxylic acids is 1. The van der Waals surface area contributed by atoms with Gasteiger partial charge in [-0.3, -0.25) is 4.79 Å². The van der Waals surface area contributed by atoms with E-state index in [9.17, 15) is 4.79 Å². The number of thioether (sulfide) groups is 1. The largest absolute Gasteiger partial charge is 0.325 e. The van der Waals surface area contributed by atoms with E-state index in [4.69, 9.17) is 0 Å². The summed E-state index contributed by atoms with van der Waals surface area (Å²) in [5, 5.41) is 7.97. The van der Waals surface area contributed by atoms with Gasteiger partial charge in [0.15, 0.2) is 0 Å². The molecule has 0 saturated heterocycles. The topological polar surface area (TPSA) is 29.1 Å². The van der Waals surface area contributed by atoms with Crippen molar-refractivity contribution in [1.82, 2.24) is 0 Å². The molecule has 1 fully saturated rings. The average Bonchev–Trinajstić information content (AvgIpc) is 3.20. The summed E-state index contributed by atoms with van der Waals surface area (Å²) >= 11 is 3.60. The summed E-state index contributed by atoms with van der Waals surface area (Å²) in [5.41, 5.74) is 2.21. The predicted molar refractivity (Wildman–Crippen MR) is 95.8 cm³/mol. The Morgan fingerprint density at radius 3 is 2.82 bits per heavy atom. The smallest absolute Gasteiger partial charge is 0.224 e. The number of nitrogens with one attached hydrogen (secondary N) is 1. The molecule has 0 aliphatic heterocycles. The molecule has 0 atom stereocenters. The Morgan fingerprint density at radius 1 is 1.23 bits per heavy atom. The molecule has 0 unspecified atom stereocenters. The molecule has 2 aromatic rings. The van der Waals surface area contributed by atoms with Crippen molar-refractivity contribution in [3.8, 4) is 0 Å². The summed E-state index contributed by atoms with van der Waals surface area (Å²) in [6.45, 7) is 0. The lowest BCUT2D eigenvalue weighted by atomic mass is 10.2. The fourth-order valence-corrected chi connectivity index (χ4v) is 4.80. The van der Waals surface area contributed by atoms with Crippen molar-refractivity contribution in [3.63, 3.8) is 0 Å². The molecule has 1 aromatic carbocycles. The third-order valence-corrected chi connectivity index (χ3v) is 6.12. The Labute approximate surface area is 140 Å². The molecule has 1 amide bonds. The van der Waals surface area contributed by atoms with Gasteiger partial charge in [0.25, 0.3) is 0 Å². The highest BCUT2D eigenvalue weighted by Crippen LogP contribution is 2.38. The second-order valence-electron chi connectivity index (χ2n) is 5.70. The number of aryl methyl sites for hydroxylation is 1. The molecule has 0 radical (unpaired) electrons. The van der Waals surface area contributed by atoms with Gasteiger partial charge in [-0.2, -0.15) is 11.3 Å². The first kappa shape index (κ1) is 15.6. The number of para-hydroxylation sites is 1. The molecule has 1 heterocycles. The van der Waals surface area contributed by atoms with Crippen molar-refractivity contribution < 1.29 is 4.79 Å². The van der Waals surface area contributed by atoms with Crippen molar-refractivity contribution in [2.24, 2.45) is 0 Å². The van der Waals surface area contributed by atoms with E-state index in [0.29, 0.717) is 11.7 Å². The van der Waals surface area contributed by atoms with E-state index in [1.54, 1.807) is 11.3 Å². The number of thiophene rings is 1. The minimum absolute atomic E-state index is 0.102. The van der Waals surface area contributed by atoms with Crippen LogP contribution in [0, 0.1) is 0 Å². The number of benzene rings is 1. The molecule has 3 rings (SSSR count). The summed E-state index contributed by atoms with van der Waals surface area (Å²) in [4.78, 5) is 13.4. The van der Waals surface area contributed by atoms with Crippen LogP contribution in [0.3, 0.4) is 0 Å². The maximum absolute atomic E-state index is 12.2. The van der Waals surface area contributed by atoms with Crippen molar-refractivity contribution in [3.05, 3.63) is 46.7 Å². The van der Waals surface area contributed by atoms with Crippen molar-refractivity contribution in [2.45, 2.75) is 48.7 Å². The fourth-order valence-electron chi connectivity index (χ4n) is 2.76. The van der Waals surface area contributed by atoms with E-state index in [1.165, 1.54) is 36.1 Å². The van der Waals surface area contributed by atoms with Gasteiger partial charge in [-0.05, 0) is 53.8 Å². The second kappa shape index (κ2) is 7.84. The third-order valence-electron chi connectivity index (χ3n) is 3.98. The summed E-state index contributed by atoms with van der Waals surface area (Å²) in [5.74, 6) is 0.102. The van der Waals surface area contributed by atoms with E-state index in [1.807, 2.05) is 23.9 Å². The maximum Gasteiger partial charge on any atom is 0.224 e. The van der Waals surface area contributed by atoms with Crippen LogP contribution in [-0.2, 0) is 11.2 Å². The van der Waals surface area contributed by atoms with Gasteiger partial charge in [-0.25, -0.2) is 0 Å². The van der Waals surface area contributed by atoms with Crippen LogP contribution < -0.4 is 5.32 Å². The average molecular weight is 332 g/mol. The Balaban J connectivity index is 1.57. The minimum Gasteiger partial charge on any atom is -0.325 e. The quantitative estimate of drug-likeness (QED) is 0.772. The number of anilines is 1. The number of hydrogen-bond donors (Lipinski definition) is 1. The monoisotopic (exact) mass is 331 g/mol. The molecule has 1 aromatic heterocycles. The molecule has 2 nitrogen and oxygen atoms in total. The molecule has 4 heteroatoms. The van der Waals surface area contributed by atoms with Gasteiger partial charge in [-0.1, -0.05) is 25.0 Å². The Bertz CT molecular complexity index is 603. The number of amides is 1. The second-order valence-corrected chi connectivity index (χ2v) is 7.82. The minimum atomic E-state index is 0.102. The van der Waals surface area contributed by atoms with Crippen LogP contribution in [-0.4, -0.2) is 11.2 Å². The lowest BCUT2D eigenvalue weighted by Crippen LogP contribution is -2.13. The lowest BCUT2D eigenvalue weighted by molar-refractivity contribution is -0.116. The van der Waals surface area contributed by atoms with E-state index in [0.717, 1.165) is 12.1 Å². The van der Waals surface area contributed by atoms with Gasteiger partial charge in [0.05, 0.1) is 5.69 Å². The van der Waals surface area contributed by atoms with Crippen molar-refractivity contribution >= 4 is 34.7 Å². The Kier molecular flexibility index (Phi) is 5.57. The molecule has 1 aliphatic rings. The standard InChI is InChI=1S/C18H21NOS2/c20-18(10-9-14-11-12-21-13-14)19-16-7-3-4-8-17(16)22-15-5-1-2-6-15/h3-4,7-8,11-13,15H,1-2,5-6,9-10H2,(H,19,20).